The minimum absolute atomic E-state index is 0.0306. The normalized spacial score (nSPS) is 17.1. The van der Waals surface area contributed by atoms with Crippen molar-refractivity contribution in [3.8, 4) is 11.3 Å². The van der Waals surface area contributed by atoms with E-state index in [1.54, 1.807) is 12.1 Å². The zero-order chi connectivity index (χ0) is 22.8. The van der Waals surface area contributed by atoms with Crippen LogP contribution in [0.2, 0.25) is 0 Å². The number of fused-ring (bicyclic) bond motifs is 1. The number of piperidine rings is 1. The van der Waals surface area contributed by atoms with Gasteiger partial charge in [-0.2, -0.15) is 4.31 Å². The molecule has 2 aliphatic rings. The molecule has 33 heavy (non-hydrogen) atoms. The summed E-state index contributed by atoms with van der Waals surface area (Å²) < 4.78 is 38.4. The third-order valence-electron chi connectivity index (χ3n) is 6.47. The van der Waals surface area contributed by atoms with Gasteiger partial charge in [0.25, 0.3) is 0 Å². The van der Waals surface area contributed by atoms with E-state index in [-0.39, 0.29) is 18.5 Å². The molecule has 0 unspecified atom stereocenters. The van der Waals surface area contributed by atoms with Gasteiger partial charge in [0.15, 0.2) is 5.76 Å². The second kappa shape index (κ2) is 9.11. The molecule has 1 fully saturated rings. The van der Waals surface area contributed by atoms with Crippen LogP contribution in [-0.2, 0) is 39.0 Å². The lowest BCUT2D eigenvalue weighted by molar-refractivity contribution is -0.151. The molecule has 1 aliphatic carbocycles. The number of rotatable bonds is 6. The lowest BCUT2D eigenvalue weighted by atomic mass is 9.98. The molecular formula is C25H26N2O5S. The summed E-state index contributed by atoms with van der Waals surface area (Å²) in [6.07, 6.45) is 3.92. The van der Waals surface area contributed by atoms with E-state index in [4.69, 9.17) is 9.26 Å². The first-order chi connectivity index (χ1) is 16.0. The topological polar surface area (TPSA) is 89.7 Å². The Balaban J connectivity index is 1.15. The SMILES string of the molecule is O=C(OCc1cc(-c2ccccc2)on1)C1CCN(S(=O)(=O)c2ccc3c(c2)CCC3)CC1. The molecule has 0 bridgehead atoms. The lowest BCUT2D eigenvalue weighted by Gasteiger charge is -2.30. The summed E-state index contributed by atoms with van der Waals surface area (Å²) in [7, 11) is -3.55. The standard InChI is InChI=1S/C25H26N2O5S/c28-25(31-17-22-16-24(32-26-22)19-5-2-1-3-6-19)20-11-13-27(14-12-20)33(29,30)23-10-9-18-7-4-8-21(18)15-23/h1-3,5-6,9-10,15-16,20H,4,7-8,11-14,17H2. The van der Waals surface area contributed by atoms with Crippen molar-refractivity contribution in [3.05, 3.63) is 71.4 Å². The van der Waals surface area contributed by atoms with Crippen molar-refractivity contribution in [3.63, 3.8) is 0 Å². The van der Waals surface area contributed by atoms with Crippen LogP contribution < -0.4 is 0 Å². The van der Waals surface area contributed by atoms with E-state index in [1.807, 2.05) is 42.5 Å². The number of ether oxygens (including phenoxy) is 1. The van der Waals surface area contributed by atoms with Crippen LogP contribution in [0.3, 0.4) is 0 Å². The quantitative estimate of drug-likeness (QED) is 0.511. The Morgan fingerprint density at radius 3 is 2.58 bits per heavy atom. The molecule has 5 rings (SSSR count). The first-order valence-corrected chi connectivity index (χ1v) is 12.7. The van der Waals surface area contributed by atoms with Crippen LogP contribution in [0.15, 0.2) is 64.0 Å². The molecule has 2 heterocycles. The molecule has 0 radical (unpaired) electrons. The Labute approximate surface area is 193 Å². The highest BCUT2D eigenvalue weighted by Gasteiger charge is 2.33. The molecule has 7 nitrogen and oxygen atoms in total. The van der Waals surface area contributed by atoms with E-state index in [2.05, 4.69) is 5.16 Å². The van der Waals surface area contributed by atoms with Crippen LogP contribution >= 0.6 is 0 Å². The van der Waals surface area contributed by atoms with Gasteiger partial charge in [-0.05, 0) is 55.4 Å². The van der Waals surface area contributed by atoms with Crippen molar-refractivity contribution < 1.29 is 22.5 Å². The van der Waals surface area contributed by atoms with Gasteiger partial charge in [-0.25, -0.2) is 8.42 Å². The monoisotopic (exact) mass is 466 g/mol. The number of sulfonamides is 1. The predicted octanol–water partition coefficient (Wildman–Crippen LogP) is 3.97. The number of hydrogen-bond donors (Lipinski definition) is 0. The number of aryl methyl sites for hydroxylation is 2. The summed E-state index contributed by atoms with van der Waals surface area (Å²) >= 11 is 0. The summed E-state index contributed by atoms with van der Waals surface area (Å²) in [6.45, 7) is 0.644. The fourth-order valence-electron chi connectivity index (χ4n) is 4.57. The molecule has 3 aromatic rings. The van der Waals surface area contributed by atoms with Crippen LogP contribution in [0.5, 0.6) is 0 Å². The molecule has 0 amide bonds. The third-order valence-corrected chi connectivity index (χ3v) is 8.37. The van der Waals surface area contributed by atoms with E-state index >= 15 is 0 Å². The fraction of sp³-hybridized carbons (Fsp3) is 0.360. The number of esters is 1. The highest BCUT2D eigenvalue weighted by molar-refractivity contribution is 7.89. The summed E-state index contributed by atoms with van der Waals surface area (Å²) in [6, 6.07) is 16.8. The van der Waals surface area contributed by atoms with Gasteiger partial charge in [0, 0.05) is 24.7 Å². The number of nitrogens with zero attached hydrogens (tertiary/aromatic N) is 2. The molecular weight excluding hydrogens is 440 g/mol. The molecule has 0 atom stereocenters. The highest BCUT2D eigenvalue weighted by atomic mass is 32.2. The summed E-state index contributed by atoms with van der Waals surface area (Å²) in [5, 5.41) is 3.97. The Morgan fingerprint density at radius 1 is 1.03 bits per heavy atom. The summed E-state index contributed by atoms with van der Waals surface area (Å²) in [5.74, 6) is -0.0301. The van der Waals surface area contributed by atoms with Crippen LogP contribution in [-0.4, -0.2) is 36.9 Å². The molecule has 0 saturated carbocycles. The van der Waals surface area contributed by atoms with Crippen molar-refractivity contribution in [1.82, 2.24) is 9.46 Å². The first kappa shape index (κ1) is 21.9. The zero-order valence-corrected chi connectivity index (χ0v) is 19.1. The Bertz CT molecular complexity index is 1240. The van der Waals surface area contributed by atoms with Gasteiger partial charge in [0.2, 0.25) is 10.0 Å². The van der Waals surface area contributed by atoms with Crippen LogP contribution in [0.1, 0.15) is 36.1 Å². The van der Waals surface area contributed by atoms with Crippen molar-refractivity contribution >= 4 is 16.0 Å². The van der Waals surface area contributed by atoms with E-state index < -0.39 is 10.0 Å². The Kier molecular flexibility index (Phi) is 6.03. The fourth-order valence-corrected chi connectivity index (χ4v) is 6.09. The molecule has 1 saturated heterocycles. The second-order valence-electron chi connectivity index (χ2n) is 8.62. The zero-order valence-electron chi connectivity index (χ0n) is 18.3. The van der Waals surface area contributed by atoms with Crippen molar-refractivity contribution in [1.29, 1.82) is 0 Å². The van der Waals surface area contributed by atoms with Crippen molar-refractivity contribution in [2.45, 2.75) is 43.6 Å². The van der Waals surface area contributed by atoms with E-state index in [9.17, 15) is 13.2 Å². The summed E-state index contributed by atoms with van der Waals surface area (Å²) in [4.78, 5) is 12.9. The molecule has 0 N–H and O–H groups in total. The molecule has 8 heteroatoms. The van der Waals surface area contributed by atoms with Gasteiger partial charge in [0.1, 0.15) is 12.3 Å². The van der Waals surface area contributed by atoms with Crippen molar-refractivity contribution in [2.75, 3.05) is 13.1 Å². The molecule has 172 valence electrons. The maximum absolute atomic E-state index is 13.1. The van der Waals surface area contributed by atoms with E-state index in [0.717, 1.165) is 30.4 Å². The average molecular weight is 467 g/mol. The Morgan fingerprint density at radius 2 is 1.79 bits per heavy atom. The molecule has 1 aliphatic heterocycles. The maximum atomic E-state index is 13.1. The lowest BCUT2D eigenvalue weighted by Crippen LogP contribution is -2.40. The molecule has 1 aromatic heterocycles. The van der Waals surface area contributed by atoms with Crippen LogP contribution in [0.25, 0.3) is 11.3 Å². The molecule has 0 spiro atoms. The average Bonchev–Trinajstić information content (AvgIpc) is 3.52. The van der Waals surface area contributed by atoms with Crippen LogP contribution in [0.4, 0.5) is 0 Å². The van der Waals surface area contributed by atoms with Gasteiger partial charge in [-0.3, -0.25) is 4.79 Å². The maximum Gasteiger partial charge on any atom is 0.309 e. The second-order valence-corrected chi connectivity index (χ2v) is 10.6. The van der Waals surface area contributed by atoms with Gasteiger partial charge in [0.05, 0.1) is 10.8 Å². The van der Waals surface area contributed by atoms with Gasteiger partial charge in [-0.1, -0.05) is 41.6 Å². The number of carbonyl (C=O) groups is 1. The number of hydrogen-bond acceptors (Lipinski definition) is 6. The third kappa shape index (κ3) is 4.58. The number of carbonyl (C=O) groups excluding carboxylic acids is 1. The van der Waals surface area contributed by atoms with Gasteiger partial charge in [-0.15, -0.1) is 0 Å². The van der Waals surface area contributed by atoms with Gasteiger partial charge >= 0.3 is 5.97 Å². The largest absolute Gasteiger partial charge is 0.459 e. The smallest absolute Gasteiger partial charge is 0.309 e. The minimum atomic E-state index is -3.55. The van der Waals surface area contributed by atoms with Crippen molar-refractivity contribution in [2.24, 2.45) is 5.92 Å². The number of benzene rings is 2. The Hall–Kier alpha value is -2.97. The number of aromatic nitrogens is 1. The predicted molar refractivity (Wildman–Crippen MR) is 122 cm³/mol. The first-order valence-electron chi connectivity index (χ1n) is 11.3. The van der Waals surface area contributed by atoms with E-state index in [0.29, 0.717) is 42.3 Å². The summed E-state index contributed by atoms with van der Waals surface area (Å²) in [5.41, 5.74) is 3.83. The van der Waals surface area contributed by atoms with Gasteiger partial charge < -0.3 is 9.26 Å². The van der Waals surface area contributed by atoms with E-state index in [1.165, 1.54) is 9.87 Å². The highest BCUT2D eigenvalue weighted by Crippen LogP contribution is 2.29. The molecule has 2 aromatic carbocycles. The minimum Gasteiger partial charge on any atom is -0.459 e. The van der Waals surface area contributed by atoms with Crippen LogP contribution in [0, 0.1) is 5.92 Å².